The van der Waals surface area contributed by atoms with Gasteiger partial charge in [-0.1, -0.05) is 49.3 Å². The van der Waals surface area contributed by atoms with Crippen molar-refractivity contribution in [2.75, 3.05) is 5.75 Å². The Bertz CT molecular complexity index is 897. The van der Waals surface area contributed by atoms with Crippen molar-refractivity contribution in [2.24, 2.45) is 16.3 Å². The van der Waals surface area contributed by atoms with Crippen LogP contribution in [0.4, 0.5) is 0 Å². The molecule has 3 rings (SSSR count). The number of aliphatic imine (C=N–C) groups is 1. The van der Waals surface area contributed by atoms with Crippen LogP contribution in [0, 0.1) is 22.7 Å². The molecule has 1 aromatic carbocycles. The van der Waals surface area contributed by atoms with Crippen LogP contribution in [0.5, 0.6) is 0 Å². The van der Waals surface area contributed by atoms with Crippen LogP contribution < -0.4 is 0 Å². The molecule has 5 nitrogen and oxygen atoms in total. The molecule has 140 valence electrons. The number of allylic oxidation sites excluding steroid dienone is 1. The summed E-state index contributed by atoms with van der Waals surface area (Å²) < 4.78 is 0. The number of hydrogen-bond acceptors (Lipinski definition) is 5. The highest BCUT2D eigenvalue weighted by atomic mass is 35.5. The first-order chi connectivity index (χ1) is 12.7. The van der Waals surface area contributed by atoms with E-state index in [1.807, 2.05) is 26.0 Å². The predicted molar refractivity (Wildman–Crippen MR) is 106 cm³/mol. The Morgan fingerprint density at radius 2 is 2.00 bits per heavy atom. The fourth-order valence-electron chi connectivity index (χ4n) is 3.79. The average Bonchev–Trinajstić information content (AvgIpc) is 2.58. The molecule has 27 heavy (non-hydrogen) atoms. The lowest BCUT2D eigenvalue weighted by Crippen LogP contribution is -2.42. The van der Waals surface area contributed by atoms with Crippen molar-refractivity contribution in [3.63, 3.8) is 0 Å². The molecule has 0 aromatic heterocycles. The second-order valence-corrected chi connectivity index (χ2v) is 9.01. The monoisotopic (exact) mass is 402 g/mol. The molecule has 0 spiro atoms. The number of nitriles is 1. The van der Waals surface area contributed by atoms with E-state index in [4.69, 9.17) is 16.7 Å². The Hall–Kier alpha value is -2.10. The van der Waals surface area contributed by atoms with Crippen LogP contribution in [0.15, 0.2) is 39.9 Å². The number of aliphatic carboxylic acids is 1. The van der Waals surface area contributed by atoms with Crippen LogP contribution in [0.3, 0.4) is 0 Å². The van der Waals surface area contributed by atoms with Gasteiger partial charge >= 0.3 is 5.97 Å². The number of carbonyl (C=O) groups is 2. The Kier molecular flexibility index (Phi) is 5.45. The maximum Gasteiger partial charge on any atom is 0.313 e. The maximum atomic E-state index is 13.0. The standard InChI is InChI=1S/C20H19ClN2O3S/c1-20(2)7-14-18(15(24)8-20)17(11-3-5-12(21)6-4-11)13(9-22)19(23-14)27-10-16(25)26/h3-6,17-18H,7-8,10H2,1-2H3,(H,25,26)/t17-,18?/m1/s1. The summed E-state index contributed by atoms with van der Waals surface area (Å²) in [5.41, 5.74) is 1.70. The van der Waals surface area contributed by atoms with Gasteiger partial charge in [-0.05, 0) is 29.5 Å². The van der Waals surface area contributed by atoms with E-state index in [1.165, 1.54) is 0 Å². The Balaban J connectivity index is 2.14. The van der Waals surface area contributed by atoms with Gasteiger partial charge in [-0.15, -0.1) is 0 Å². The Labute approximate surface area is 167 Å². The summed E-state index contributed by atoms with van der Waals surface area (Å²) in [6.07, 6.45) is 1.07. The molecule has 2 aliphatic rings. The fraction of sp³-hybridized carbons (Fsp3) is 0.400. The van der Waals surface area contributed by atoms with E-state index in [0.717, 1.165) is 23.0 Å². The van der Waals surface area contributed by atoms with E-state index < -0.39 is 17.8 Å². The van der Waals surface area contributed by atoms with Crippen LogP contribution in [-0.4, -0.2) is 28.3 Å². The van der Waals surface area contributed by atoms with Gasteiger partial charge in [0.05, 0.1) is 23.3 Å². The highest BCUT2D eigenvalue weighted by Crippen LogP contribution is 2.48. The highest BCUT2D eigenvalue weighted by molar-refractivity contribution is 8.03. The van der Waals surface area contributed by atoms with Gasteiger partial charge in [0.2, 0.25) is 0 Å². The molecule has 1 aliphatic heterocycles. The lowest BCUT2D eigenvalue weighted by atomic mass is 9.64. The van der Waals surface area contributed by atoms with Crippen LogP contribution in [0.1, 0.15) is 38.2 Å². The number of Topliss-reactive ketones (excluding diaryl/α,β-unsaturated/α-hetero) is 1. The minimum absolute atomic E-state index is 0.0694. The van der Waals surface area contributed by atoms with Gasteiger partial charge in [-0.2, -0.15) is 5.26 Å². The second-order valence-electron chi connectivity index (χ2n) is 7.61. The normalized spacial score (nSPS) is 24.1. The smallest absolute Gasteiger partial charge is 0.313 e. The van der Waals surface area contributed by atoms with Gasteiger partial charge in [-0.3, -0.25) is 9.59 Å². The molecule has 1 aliphatic carbocycles. The van der Waals surface area contributed by atoms with Crippen molar-refractivity contribution < 1.29 is 14.7 Å². The fourth-order valence-corrected chi connectivity index (χ4v) is 4.69. The molecule has 0 saturated heterocycles. The van der Waals surface area contributed by atoms with Crippen molar-refractivity contribution in [3.05, 3.63) is 45.5 Å². The summed E-state index contributed by atoms with van der Waals surface area (Å²) in [5, 5.41) is 19.8. The molecule has 1 N–H and O–H groups in total. The number of benzene rings is 1. The summed E-state index contributed by atoms with van der Waals surface area (Å²) in [5.74, 6) is -2.04. The summed E-state index contributed by atoms with van der Waals surface area (Å²) in [6.45, 7) is 4.04. The van der Waals surface area contributed by atoms with Gasteiger partial charge < -0.3 is 5.11 Å². The van der Waals surface area contributed by atoms with Crippen LogP contribution in [0.2, 0.25) is 5.02 Å². The summed E-state index contributed by atoms with van der Waals surface area (Å²) in [4.78, 5) is 28.6. The molecular formula is C20H19ClN2O3S. The number of thioether (sulfide) groups is 1. The lowest BCUT2D eigenvalue weighted by molar-refractivity contribution is -0.134. The number of rotatable bonds is 4. The van der Waals surface area contributed by atoms with Crippen LogP contribution >= 0.6 is 23.4 Å². The Morgan fingerprint density at radius 3 is 2.59 bits per heavy atom. The number of nitrogens with zero attached hydrogens (tertiary/aromatic N) is 2. The minimum Gasteiger partial charge on any atom is -0.481 e. The maximum absolute atomic E-state index is 13.0. The summed E-state index contributed by atoms with van der Waals surface area (Å²) in [7, 11) is 0. The molecule has 0 radical (unpaired) electrons. The third-order valence-corrected chi connectivity index (χ3v) is 6.05. The van der Waals surface area contributed by atoms with Crippen molar-refractivity contribution in [1.29, 1.82) is 5.26 Å². The summed E-state index contributed by atoms with van der Waals surface area (Å²) >= 11 is 7.03. The topological polar surface area (TPSA) is 90.5 Å². The molecule has 1 saturated carbocycles. The van der Waals surface area contributed by atoms with Crippen molar-refractivity contribution in [1.82, 2.24) is 0 Å². The van der Waals surface area contributed by atoms with Gasteiger partial charge in [0.1, 0.15) is 10.8 Å². The van der Waals surface area contributed by atoms with E-state index in [9.17, 15) is 14.9 Å². The molecule has 1 fully saturated rings. The van der Waals surface area contributed by atoms with E-state index in [-0.39, 0.29) is 17.0 Å². The largest absolute Gasteiger partial charge is 0.481 e. The number of fused-ring (bicyclic) bond motifs is 1. The van der Waals surface area contributed by atoms with E-state index in [2.05, 4.69) is 11.1 Å². The lowest BCUT2D eigenvalue weighted by Gasteiger charge is -2.40. The number of hydrogen-bond donors (Lipinski definition) is 1. The zero-order chi connectivity index (χ0) is 19.8. The first-order valence-corrected chi connectivity index (χ1v) is 9.93. The third kappa shape index (κ3) is 4.10. The van der Waals surface area contributed by atoms with Crippen molar-refractivity contribution in [3.8, 4) is 6.07 Å². The van der Waals surface area contributed by atoms with Gasteiger partial charge in [0.25, 0.3) is 0 Å². The SMILES string of the molecule is CC1(C)CC(=O)C2C(=NC(SCC(=O)O)=C(C#N)[C@H]2c2ccc(Cl)cc2)C1. The second kappa shape index (κ2) is 7.49. The van der Waals surface area contributed by atoms with Crippen LogP contribution in [0.25, 0.3) is 0 Å². The zero-order valence-electron chi connectivity index (χ0n) is 15.0. The first-order valence-electron chi connectivity index (χ1n) is 8.56. The van der Waals surface area contributed by atoms with Crippen molar-refractivity contribution >= 4 is 40.8 Å². The molecule has 0 bridgehead atoms. The zero-order valence-corrected chi connectivity index (χ0v) is 16.6. The quantitative estimate of drug-likeness (QED) is 0.804. The van der Waals surface area contributed by atoms with Gasteiger partial charge in [0.15, 0.2) is 0 Å². The average molecular weight is 403 g/mol. The van der Waals surface area contributed by atoms with Crippen LogP contribution in [-0.2, 0) is 9.59 Å². The minimum atomic E-state index is -0.977. The molecule has 0 amide bonds. The van der Waals surface area contributed by atoms with E-state index in [0.29, 0.717) is 28.5 Å². The molecule has 1 aromatic rings. The number of halogens is 1. The molecule has 1 heterocycles. The van der Waals surface area contributed by atoms with Crippen molar-refractivity contribution in [2.45, 2.75) is 32.6 Å². The molecule has 1 unspecified atom stereocenters. The third-order valence-electron chi connectivity index (χ3n) is 4.82. The first kappa shape index (κ1) is 19.7. The van der Waals surface area contributed by atoms with Gasteiger partial charge in [0, 0.05) is 23.1 Å². The van der Waals surface area contributed by atoms with E-state index in [1.54, 1.807) is 12.1 Å². The predicted octanol–water partition coefficient (Wildman–Crippen LogP) is 4.44. The summed E-state index contributed by atoms with van der Waals surface area (Å²) in [6, 6.07) is 9.30. The van der Waals surface area contributed by atoms with Gasteiger partial charge in [-0.25, -0.2) is 4.99 Å². The number of ketones is 1. The molecule has 7 heteroatoms. The number of carboxylic acid groups (broad SMARTS) is 1. The Morgan fingerprint density at radius 1 is 1.33 bits per heavy atom. The number of carboxylic acids is 1. The highest BCUT2D eigenvalue weighted by Gasteiger charge is 2.46. The molecular weight excluding hydrogens is 384 g/mol. The van der Waals surface area contributed by atoms with E-state index >= 15 is 0 Å². The molecule has 2 atom stereocenters. The number of carbonyl (C=O) groups excluding carboxylic acids is 1.